The number of thioether (sulfide) groups is 1. The number of nitrogens with zero attached hydrogens (tertiary/aromatic N) is 4. The predicted molar refractivity (Wildman–Crippen MR) is 80.8 cm³/mol. The Bertz CT molecular complexity index is 510. The zero-order chi connectivity index (χ0) is 13.7. The topological polar surface area (TPSA) is 34.0 Å². The van der Waals surface area contributed by atoms with Crippen molar-refractivity contribution in [1.29, 1.82) is 0 Å². The molecule has 4 nitrogen and oxygen atoms in total. The van der Waals surface area contributed by atoms with Gasteiger partial charge in [0.1, 0.15) is 12.7 Å². The fourth-order valence-corrected chi connectivity index (χ4v) is 2.54. The van der Waals surface area contributed by atoms with E-state index in [9.17, 15) is 0 Å². The molecule has 1 heterocycles. The summed E-state index contributed by atoms with van der Waals surface area (Å²) in [5.41, 5.74) is 3.65. The van der Waals surface area contributed by atoms with Gasteiger partial charge in [0, 0.05) is 18.8 Å². The Morgan fingerprint density at radius 1 is 1.37 bits per heavy atom. The highest BCUT2D eigenvalue weighted by Gasteiger charge is 2.05. The Hall–Kier alpha value is -1.33. The zero-order valence-corrected chi connectivity index (χ0v) is 12.5. The van der Waals surface area contributed by atoms with Crippen LogP contribution < -0.4 is 0 Å². The molecule has 1 aromatic heterocycles. The fraction of sp³-hybridized carbons (Fsp3) is 0.429. The van der Waals surface area contributed by atoms with Crippen LogP contribution >= 0.6 is 11.8 Å². The summed E-state index contributed by atoms with van der Waals surface area (Å²) in [6, 6.07) is 6.51. The molecular formula is C14H20N4S. The number of hydrogen-bond acceptors (Lipinski definition) is 4. The molecule has 0 fully saturated rings. The maximum absolute atomic E-state index is 4.17. The summed E-state index contributed by atoms with van der Waals surface area (Å²) >= 11 is 1.88. The summed E-state index contributed by atoms with van der Waals surface area (Å²) in [6.45, 7) is 4.21. The van der Waals surface area contributed by atoms with Crippen LogP contribution in [-0.4, -0.2) is 45.3 Å². The molecule has 0 spiro atoms. The van der Waals surface area contributed by atoms with E-state index in [-0.39, 0.29) is 0 Å². The van der Waals surface area contributed by atoms with Crippen LogP contribution in [-0.2, 0) is 6.54 Å². The van der Waals surface area contributed by atoms with Crippen molar-refractivity contribution in [1.82, 2.24) is 19.7 Å². The molecule has 19 heavy (non-hydrogen) atoms. The zero-order valence-electron chi connectivity index (χ0n) is 11.7. The van der Waals surface area contributed by atoms with E-state index in [1.807, 2.05) is 11.8 Å². The average molecular weight is 276 g/mol. The first-order valence-electron chi connectivity index (χ1n) is 6.32. The molecular weight excluding hydrogens is 256 g/mol. The normalized spacial score (nSPS) is 11.2. The molecule has 0 N–H and O–H groups in total. The first-order valence-corrected chi connectivity index (χ1v) is 7.72. The molecule has 0 saturated carbocycles. The number of aryl methyl sites for hydroxylation is 1. The summed E-state index contributed by atoms with van der Waals surface area (Å²) in [5, 5.41) is 4.17. The minimum Gasteiger partial charge on any atom is -0.301 e. The van der Waals surface area contributed by atoms with Gasteiger partial charge in [-0.3, -0.25) is 0 Å². The Morgan fingerprint density at radius 2 is 2.21 bits per heavy atom. The average Bonchev–Trinajstić information content (AvgIpc) is 2.90. The van der Waals surface area contributed by atoms with Crippen molar-refractivity contribution in [3.63, 3.8) is 0 Å². The maximum atomic E-state index is 4.17. The van der Waals surface area contributed by atoms with E-state index in [1.54, 1.807) is 17.3 Å². The van der Waals surface area contributed by atoms with Crippen molar-refractivity contribution in [3.05, 3.63) is 42.0 Å². The van der Waals surface area contributed by atoms with Crippen molar-refractivity contribution in [3.8, 4) is 5.69 Å². The van der Waals surface area contributed by atoms with Crippen LogP contribution in [0.4, 0.5) is 0 Å². The van der Waals surface area contributed by atoms with Crippen molar-refractivity contribution >= 4 is 11.8 Å². The van der Waals surface area contributed by atoms with E-state index in [4.69, 9.17) is 0 Å². The highest BCUT2D eigenvalue weighted by molar-refractivity contribution is 7.98. The third-order valence-electron chi connectivity index (χ3n) is 3.06. The molecule has 102 valence electrons. The van der Waals surface area contributed by atoms with Crippen LogP contribution in [0, 0.1) is 6.92 Å². The van der Waals surface area contributed by atoms with E-state index in [0.29, 0.717) is 0 Å². The fourth-order valence-electron chi connectivity index (χ4n) is 2.04. The maximum Gasteiger partial charge on any atom is 0.138 e. The summed E-state index contributed by atoms with van der Waals surface area (Å²) in [7, 11) is 2.16. The van der Waals surface area contributed by atoms with Crippen molar-refractivity contribution < 1.29 is 0 Å². The van der Waals surface area contributed by atoms with Crippen molar-refractivity contribution in [2.45, 2.75) is 13.5 Å². The van der Waals surface area contributed by atoms with Crippen LogP contribution in [0.3, 0.4) is 0 Å². The quantitative estimate of drug-likeness (QED) is 0.811. The summed E-state index contributed by atoms with van der Waals surface area (Å²) in [5.74, 6) is 1.17. The lowest BCUT2D eigenvalue weighted by Gasteiger charge is -2.17. The first kappa shape index (κ1) is 14.1. The molecule has 0 saturated heterocycles. The van der Waals surface area contributed by atoms with Crippen LogP contribution in [0.2, 0.25) is 0 Å². The van der Waals surface area contributed by atoms with E-state index >= 15 is 0 Å². The van der Waals surface area contributed by atoms with Gasteiger partial charge in [-0.1, -0.05) is 12.1 Å². The second-order valence-corrected chi connectivity index (χ2v) is 5.68. The Balaban J connectivity index is 2.07. The standard InChI is InChI=1S/C14H20N4S/c1-12-8-13(9-17(2)6-7-19-3)4-5-14(12)18-11-15-10-16-18/h4-5,8,10-11H,6-7,9H2,1-3H3. The van der Waals surface area contributed by atoms with E-state index in [0.717, 1.165) is 18.8 Å². The molecule has 0 unspecified atom stereocenters. The molecule has 0 bridgehead atoms. The Morgan fingerprint density at radius 3 is 2.84 bits per heavy atom. The molecule has 2 aromatic rings. The van der Waals surface area contributed by atoms with Gasteiger partial charge in [-0.05, 0) is 37.4 Å². The number of hydrogen-bond donors (Lipinski definition) is 0. The molecule has 0 amide bonds. The van der Waals surface area contributed by atoms with Crippen LogP contribution in [0.15, 0.2) is 30.9 Å². The van der Waals surface area contributed by atoms with Gasteiger partial charge in [-0.15, -0.1) is 0 Å². The van der Waals surface area contributed by atoms with Crippen LogP contribution in [0.25, 0.3) is 5.69 Å². The largest absolute Gasteiger partial charge is 0.301 e. The summed E-state index contributed by atoms with van der Waals surface area (Å²) in [6.07, 6.45) is 5.43. The number of aromatic nitrogens is 3. The van der Waals surface area contributed by atoms with E-state index in [1.165, 1.54) is 16.9 Å². The number of benzene rings is 1. The molecule has 0 aliphatic heterocycles. The third-order valence-corrected chi connectivity index (χ3v) is 3.65. The van der Waals surface area contributed by atoms with Gasteiger partial charge in [-0.25, -0.2) is 9.67 Å². The molecule has 1 aromatic carbocycles. The second-order valence-electron chi connectivity index (χ2n) is 4.69. The molecule has 0 aliphatic carbocycles. The van der Waals surface area contributed by atoms with Gasteiger partial charge in [0.15, 0.2) is 0 Å². The highest BCUT2D eigenvalue weighted by atomic mass is 32.2. The van der Waals surface area contributed by atoms with Crippen molar-refractivity contribution in [2.75, 3.05) is 25.6 Å². The van der Waals surface area contributed by atoms with Gasteiger partial charge in [-0.2, -0.15) is 16.9 Å². The first-order chi connectivity index (χ1) is 9.20. The summed E-state index contributed by atoms with van der Waals surface area (Å²) < 4.78 is 1.80. The smallest absolute Gasteiger partial charge is 0.138 e. The molecule has 0 atom stereocenters. The highest BCUT2D eigenvalue weighted by Crippen LogP contribution is 2.15. The monoisotopic (exact) mass is 276 g/mol. The van der Waals surface area contributed by atoms with Gasteiger partial charge in [0.25, 0.3) is 0 Å². The van der Waals surface area contributed by atoms with Crippen molar-refractivity contribution in [2.24, 2.45) is 0 Å². The molecule has 5 heteroatoms. The van der Waals surface area contributed by atoms with Gasteiger partial charge < -0.3 is 4.90 Å². The van der Waals surface area contributed by atoms with Gasteiger partial charge in [0.05, 0.1) is 5.69 Å². The summed E-state index contributed by atoms with van der Waals surface area (Å²) in [4.78, 5) is 6.33. The predicted octanol–water partition coefficient (Wildman–Crippen LogP) is 2.37. The second kappa shape index (κ2) is 6.73. The molecule has 0 aliphatic rings. The third kappa shape index (κ3) is 3.81. The molecule has 0 radical (unpaired) electrons. The lowest BCUT2D eigenvalue weighted by molar-refractivity contribution is 0.348. The molecule has 2 rings (SSSR count). The van der Waals surface area contributed by atoms with Gasteiger partial charge in [0.2, 0.25) is 0 Å². The Kier molecular flexibility index (Phi) is 4.99. The van der Waals surface area contributed by atoms with Crippen LogP contribution in [0.1, 0.15) is 11.1 Å². The van der Waals surface area contributed by atoms with E-state index in [2.05, 4.69) is 53.4 Å². The SMILES string of the molecule is CSCCN(C)Cc1ccc(-n2cncn2)c(C)c1. The van der Waals surface area contributed by atoms with E-state index < -0.39 is 0 Å². The van der Waals surface area contributed by atoms with Crippen LogP contribution in [0.5, 0.6) is 0 Å². The number of rotatable bonds is 6. The minimum absolute atomic E-state index is 0.985. The minimum atomic E-state index is 0.985. The lowest BCUT2D eigenvalue weighted by Crippen LogP contribution is -2.20. The lowest BCUT2D eigenvalue weighted by atomic mass is 10.1. The van der Waals surface area contributed by atoms with Gasteiger partial charge >= 0.3 is 0 Å². The Labute approximate surface area is 118 Å².